The van der Waals surface area contributed by atoms with E-state index in [0.717, 1.165) is 17.6 Å². The molecule has 1 aliphatic carbocycles. The number of para-hydroxylation sites is 1. The van der Waals surface area contributed by atoms with Crippen LogP contribution in [-0.4, -0.2) is 18.0 Å². The highest BCUT2D eigenvalue weighted by atomic mass is 15.1. The number of piperidine rings is 1. The molecule has 1 aromatic rings. The van der Waals surface area contributed by atoms with Crippen molar-refractivity contribution in [3.05, 3.63) is 29.8 Å². The number of likely N-dealkylation sites (tertiary alicyclic amines) is 1. The highest BCUT2D eigenvalue weighted by Crippen LogP contribution is 2.46. The zero-order valence-corrected chi connectivity index (χ0v) is 11.2. The molecule has 1 heterocycles. The standard InChI is InChI=1S/C16H24N2/c17-15-6-2-1-5-14(15)13-18-11-9-16(10-12-18)7-3-4-8-16/h1-2,5-6H,3-4,7-13,17H2. The SMILES string of the molecule is Nc1ccccc1CN1CCC2(CCCC2)CC1. The lowest BCUT2D eigenvalue weighted by Crippen LogP contribution is -2.38. The van der Waals surface area contributed by atoms with Gasteiger partial charge in [-0.05, 0) is 55.8 Å². The van der Waals surface area contributed by atoms with Crippen molar-refractivity contribution in [2.45, 2.75) is 45.1 Å². The zero-order chi connectivity index (χ0) is 12.4. The minimum absolute atomic E-state index is 0.721. The molecule has 0 bridgehead atoms. The Kier molecular flexibility index (Phi) is 3.29. The smallest absolute Gasteiger partial charge is 0.0359 e. The number of anilines is 1. The number of hydrogen-bond acceptors (Lipinski definition) is 2. The van der Waals surface area contributed by atoms with E-state index in [0.29, 0.717) is 0 Å². The van der Waals surface area contributed by atoms with Gasteiger partial charge in [-0.1, -0.05) is 31.0 Å². The average molecular weight is 244 g/mol. The second-order valence-corrected chi connectivity index (χ2v) is 6.18. The summed E-state index contributed by atoms with van der Waals surface area (Å²) in [6.45, 7) is 3.55. The van der Waals surface area contributed by atoms with E-state index in [1.165, 1.54) is 57.2 Å². The van der Waals surface area contributed by atoms with Crippen molar-refractivity contribution in [3.8, 4) is 0 Å². The fraction of sp³-hybridized carbons (Fsp3) is 0.625. The molecule has 2 aliphatic rings. The Hall–Kier alpha value is -1.02. The van der Waals surface area contributed by atoms with Gasteiger partial charge in [0.25, 0.3) is 0 Å². The number of hydrogen-bond donors (Lipinski definition) is 1. The summed E-state index contributed by atoms with van der Waals surface area (Å²) in [7, 11) is 0. The van der Waals surface area contributed by atoms with E-state index < -0.39 is 0 Å². The zero-order valence-electron chi connectivity index (χ0n) is 11.2. The van der Waals surface area contributed by atoms with Crippen LogP contribution in [0.1, 0.15) is 44.1 Å². The first-order valence-corrected chi connectivity index (χ1v) is 7.33. The van der Waals surface area contributed by atoms with E-state index in [2.05, 4.69) is 17.0 Å². The van der Waals surface area contributed by atoms with E-state index in [9.17, 15) is 0 Å². The molecular weight excluding hydrogens is 220 g/mol. The first-order chi connectivity index (χ1) is 8.77. The summed E-state index contributed by atoms with van der Waals surface area (Å²) >= 11 is 0. The fourth-order valence-corrected chi connectivity index (χ4v) is 3.73. The molecule has 1 aromatic carbocycles. The van der Waals surface area contributed by atoms with Crippen molar-refractivity contribution >= 4 is 5.69 Å². The van der Waals surface area contributed by atoms with Crippen molar-refractivity contribution in [1.82, 2.24) is 4.90 Å². The molecule has 0 aromatic heterocycles. The number of nitrogens with zero attached hydrogens (tertiary/aromatic N) is 1. The molecule has 1 aliphatic heterocycles. The van der Waals surface area contributed by atoms with Crippen molar-refractivity contribution < 1.29 is 0 Å². The Morgan fingerprint density at radius 3 is 2.33 bits per heavy atom. The molecule has 1 spiro atoms. The van der Waals surface area contributed by atoms with Gasteiger partial charge < -0.3 is 5.73 Å². The lowest BCUT2D eigenvalue weighted by Gasteiger charge is -2.39. The minimum Gasteiger partial charge on any atom is -0.398 e. The first kappa shape index (κ1) is 12.0. The van der Waals surface area contributed by atoms with Gasteiger partial charge in [0.05, 0.1) is 0 Å². The third kappa shape index (κ3) is 2.39. The maximum atomic E-state index is 6.03. The second kappa shape index (κ2) is 4.93. The van der Waals surface area contributed by atoms with Crippen molar-refractivity contribution in [3.63, 3.8) is 0 Å². The van der Waals surface area contributed by atoms with Gasteiger partial charge in [0, 0.05) is 12.2 Å². The largest absolute Gasteiger partial charge is 0.398 e. The van der Waals surface area contributed by atoms with Gasteiger partial charge in [-0.2, -0.15) is 0 Å². The summed E-state index contributed by atoms with van der Waals surface area (Å²) in [5.74, 6) is 0. The third-order valence-corrected chi connectivity index (χ3v) is 5.03. The van der Waals surface area contributed by atoms with Crippen molar-refractivity contribution in [2.75, 3.05) is 18.8 Å². The maximum Gasteiger partial charge on any atom is 0.0359 e. The molecule has 1 saturated carbocycles. The van der Waals surface area contributed by atoms with Gasteiger partial charge in [-0.25, -0.2) is 0 Å². The summed E-state index contributed by atoms with van der Waals surface area (Å²) < 4.78 is 0. The Labute approximate surface area is 110 Å². The summed E-state index contributed by atoms with van der Waals surface area (Å²) in [6.07, 6.45) is 8.69. The van der Waals surface area contributed by atoms with Gasteiger partial charge in [0.2, 0.25) is 0 Å². The molecule has 0 atom stereocenters. The fourth-order valence-electron chi connectivity index (χ4n) is 3.73. The quantitative estimate of drug-likeness (QED) is 0.808. The molecule has 0 radical (unpaired) electrons. The molecule has 2 N–H and O–H groups in total. The molecule has 2 fully saturated rings. The van der Waals surface area contributed by atoms with Crippen LogP contribution in [0.15, 0.2) is 24.3 Å². The molecular formula is C16H24N2. The maximum absolute atomic E-state index is 6.03. The van der Waals surface area contributed by atoms with Crippen LogP contribution in [0.4, 0.5) is 5.69 Å². The van der Waals surface area contributed by atoms with Crippen LogP contribution in [0.5, 0.6) is 0 Å². The second-order valence-electron chi connectivity index (χ2n) is 6.18. The lowest BCUT2D eigenvalue weighted by molar-refractivity contribution is 0.104. The Bertz CT molecular complexity index is 397. The van der Waals surface area contributed by atoms with E-state index in [1.54, 1.807) is 0 Å². The van der Waals surface area contributed by atoms with Gasteiger partial charge >= 0.3 is 0 Å². The van der Waals surface area contributed by atoms with Crippen molar-refractivity contribution in [1.29, 1.82) is 0 Å². The monoisotopic (exact) mass is 244 g/mol. The normalized spacial score (nSPS) is 23.6. The van der Waals surface area contributed by atoms with Crippen LogP contribution >= 0.6 is 0 Å². The molecule has 2 heteroatoms. The van der Waals surface area contributed by atoms with Crippen molar-refractivity contribution in [2.24, 2.45) is 5.41 Å². The predicted molar refractivity (Wildman–Crippen MR) is 76.3 cm³/mol. The number of rotatable bonds is 2. The average Bonchev–Trinajstić information content (AvgIpc) is 2.84. The highest BCUT2D eigenvalue weighted by Gasteiger charge is 2.36. The Morgan fingerprint density at radius 2 is 1.67 bits per heavy atom. The third-order valence-electron chi connectivity index (χ3n) is 5.03. The van der Waals surface area contributed by atoms with E-state index >= 15 is 0 Å². The van der Waals surface area contributed by atoms with Crippen LogP contribution in [-0.2, 0) is 6.54 Å². The van der Waals surface area contributed by atoms with Gasteiger partial charge in [0.15, 0.2) is 0 Å². The van der Waals surface area contributed by atoms with Crippen LogP contribution in [0.3, 0.4) is 0 Å². The molecule has 18 heavy (non-hydrogen) atoms. The van der Waals surface area contributed by atoms with Crippen LogP contribution in [0.25, 0.3) is 0 Å². The summed E-state index contributed by atoms with van der Waals surface area (Å²) in [6, 6.07) is 8.28. The highest BCUT2D eigenvalue weighted by molar-refractivity contribution is 5.46. The van der Waals surface area contributed by atoms with Crippen LogP contribution in [0, 0.1) is 5.41 Å². The van der Waals surface area contributed by atoms with E-state index in [4.69, 9.17) is 5.73 Å². The number of benzene rings is 1. The molecule has 2 nitrogen and oxygen atoms in total. The minimum atomic E-state index is 0.721. The van der Waals surface area contributed by atoms with Crippen LogP contribution in [0.2, 0.25) is 0 Å². The van der Waals surface area contributed by atoms with E-state index in [-0.39, 0.29) is 0 Å². The van der Waals surface area contributed by atoms with Gasteiger partial charge in [-0.3, -0.25) is 4.90 Å². The van der Waals surface area contributed by atoms with E-state index in [1.807, 2.05) is 12.1 Å². The van der Waals surface area contributed by atoms with Gasteiger partial charge in [0.1, 0.15) is 0 Å². The molecule has 0 unspecified atom stereocenters. The Balaban J connectivity index is 1.59. The lowest BCUT2D eigenvalue weighted by atomic mass is 9.77. The number of nitrogens with two attached hydrogens (primary N) is 1. The Morgan fingerprint density at radius 1 is 1.00 bits per heavy atom. The molecule has 1 saturated heterocycles. The number of nitrogen functional groups attached to an aromatic ring is 1. The summed E-state index contributed by atoms with van der Waals surface area (Å²) in [5.41, 5.74) is 8.98. The van der Waals surface area contributed by atoms with Gasteiger partial charge in [-0.15, -0.1) is 0 Å². The molecule has 98 valence electrons. The molecule has 0 amide bonds. The summed E-state index contributed by atoms with van der Waals surface area (Å²) in [5, 5.41) is 0. The first-order valence-electron chi connectivity index (χ1n) is 7.33. The topological polar surface area (TPSA) is 29.3 Å². The predicted octanol–water partition coefficient (Wildman–Crippen LogP) is 3.43. The summed E-state index contributed by atoms with van der Waals surface area (Å²) in [4.78, 5) is 2.58. The molecule has 3 rings (SSSR count). The van der Waals surface area contributed by atoms with Crippen LogP contribution < -0.4 is 5.73 Å².